The number of aliphatic imine (C=N–C) groups is 1. The number of nitrogens with zero attached hydrogens (tertiary/aromatic N) is 1. The van der Waals surface area contributed by atoms with E-state index >= 15 is 0 Å². The maximum Gasteiger partial charge on any atom is 0.0698 e. The highest BCUT2D eigenvalue weighted by Gasteiger charge is 2.01. The van der Waals surface area contributed by atoms with Gasteiger partial charge in [-0.25, -0.2) is 0 Å². The zero-order chi connectivity index (χ0) is 10.2. The number of rotatable bonds is 4. The summed E-state index contributed by atoms with van der Waals surface area (Å²) in [6.45, 7) is 7.27. The van der Waals surface area contributed by atoms with E-state index in [0.717, 1.165) is 24.1 Å². The third-order valence-corrected chi connectivity index (χ3v) is 1.89. The van der Waals surface area contributed by atoms with Crippen molar-refractivity contribution in [2.45, 2.75) is 12.8 Å². The molecule has 0 atom stereocenters. The van der Waals surface area contributed by atoms with Crippen LogP contribution in [0.5, 0.6) is 0 Å². The van der Waals surface area contributed by atoms with Gasteiger partial charge < -0.3 is 0 Å². The van der Waals surface area contributed by atoms with Crippen LogP contribution in [0.15, 0.2) is 65.9 Å². The average molecular weight is 185 g/mol. The van der Waals surface area contributed by atoms with E-state index in [4.69, 9.17) is 0 Å². The molecule has 0 aliphatic heterocycles. The average Bonchev–Trinajstić information content (AvgIpc) is 2.25. The van der Waals surface area contributed by atoms with E-state index in [-0.39, 0.29) is 0 Å². The van der Waals surface area contributed by atoms with Gasteiger partial charge in [0.05, 0.1) is 5.70 Å². The van der Waals surface area contributed by atoms with Crippen LogP contribution in [0.2, 0.25) is 0 Å². The molecule has 1 nitrogen and oxygen atoms in total. The summed E-state index contributed by atoms with van der Waals surface area (Å²) in [5.74, 6) is 0. The summed E-state index contributed by atoms with van der Waals surface area (Å²) >= 11 is 0. The Morgan fingerprint density at radius 1 is 1.29 bits per heavy atom. The molecule has 0 N–H and O–H groups in total. The van der Waals surface area contributed by atoms with Gasteiger partial charge in [-0.1, -0.05) is 43.5 Å². The van der Waals surface area contributed by atoms with Crippen LogP contribution in [0.1, 0.15) is 12.8 Å². The molecule has 1 aliphatic carbocycles. The Hall–Kier alpha value is -1.63. The second-order valence-corrected chi connectivity index (χ2v) is 2.94. The Morgan fingerprint density at radius 2 is 2.14 bits per heavy atom. The van der Waals surface area contributed by atoms with Crippen molar-refractivity contribution in [1.82, 2.24) is 0 Å². The summed E-state index contributed by atoms with van der Waals surface area (Å²) < 4.78 is 0. The van der Waals surface area contributed by atoms with Gasteiger partial charge in [0, 0.05) is 6.21 Å². The van der Waals surface area contributed by atoms with Gasteiger partial charge in [0.25, 0.3) is 0 Å². The molecule has 0 fully saturated rings. The lowest BCUT2D eigenvalue weighted by atomic mass is 10.0. The summed E-state index contributed by atoms with van der Waals surface area (Å²) in [5.41, 5.74) is 2.10. The van der Waals surface area contributed by atoms with Crippen molar-refractivity contribution in [3.8, 4) is 0 Å². The first kappa shape index (κ1) is 10.5. The van der Waals surface area contributed by atoms with Crippen molar-refractivity contribution in [2.24, 2.45) is 4.99 Å². The molecule has 72 valence electrons. The SMILES string of the molecule is C=CC=N/C(=C\C=C)C1=CCCC=C1. The first-order valence-corrected chi connectivity index (χ1v) is 4.73. The second kappa shape index (κ2) is 5.92. The van der Waals surface area contributed by atoms with E-state index in [1.54, 1.807) is 18.4 Å². The normalized spacial score (nSPS) is 16.9. The lowest BCUT2D eigenvalue weighted by molar-refractivity contribution is 1.02. The van der Waals surface area contributed by atoms with Gasteiger partial charge in [-0.05, 0) is 24.5 Å². The minimum Gasteiger partial charge on any atom is -0.256 e. The fourth-order valence-electron chi connectivity index (χ4n) is 1.26. The molecule has 1 heteroatoms. The van der Waals surface area contributed by atoms with Crippen molar-refractivity contribution in [3.63, 3.8) is 0 Å². The highest BCUT2D eigenvalue weighted by atomic mass is 14.7. The van der Waals surface area contributed by atoms with E-state index < -0.39 is 0 Å². The first-order chi connectivity index (χ1) is 6.88. The van der Waals surface area contributed by atoms with Crippen LogP contribution in [-0.2, 0) is 0 Å². The lowest BCUT2D eigenvalue weighted by Gasteiger charge is -2.06. The smallest absolute Gasteiger partial charge is 0.0698 e. The molecule has 0 saturated carbocycles. The van der Waals surface area contributed by atoms with Crippen molar-refractivity contribution < 1.29 is 0 Å². The van der Waals surface area contributed by atoms with Gasteiger partial charge in [-0.3, -0.25) is 4.99 Å². The van der Waals surface area contributed by atoms with E-state index in [2.05, 4.69) is 36.4 Å². The topological polar surface area (TPSA) is 12.4 Å². The maximum atomic E-state index is 4.28. The summed E-state index contributed by atoms with van der Waals surface area (Å²) in [6, 6.07) is 0. The number of hydrogen-bond donors (Lipinski definition) is 0. The molecule has 0 radical (unpaired) electrons. The Labute approximate surface area is 85.6 Å². The van der Waals surface area contributed by atoms with Gasteiger partial charge in [0.15, 0.2) is 0 Å². The van der Waals surface area contributed by atoms with Crippen molar-refractivity contribution in [1.29, 1.82) is 0 Å². The minimum absolute atomic E-state index is 0.941. The van der Waals surface area contributed by atoms with Crippen LogP contribution >= 0.6 is 0 Å². The largest absolute Gasteiger partial charge is 0.256 e. The molecule has 0 aromatic heterocycles. The summed E-state index contributed by atoms with van der Waals surface area (Å²) in [6.07, 6.45) is 15.7. The molecular weight excluding hydrogens is 170 g/mol. The fraction of sp³-hybridized carbons (Fsp3) is 0.154. The monoisotopic (exact) mass is 185 g/mol. The highest BCUT2D eigenvalue weighted by molar-refractivity contribution is 5.72. The number of hydrogen-bond acceptors (Lipinski definition) is 1. The van der Waals surface area contributed by atoms with Gasteiger partial charge in [-0.2, -0.15) is 0 Å². The van der Waals surface area contributed by atoms with Gasteiger partial charge in [-0.15, -0.1) is 0 Å². The van der Waals surface area contributed by atoms with Crippen molar-refractivity contribution in [2.75, 3.05) is 0 Å². The summed E-state index contributed by atoms with van der Waals surface area (Å²) in [7, 11) is 0. The van der Waals surface area contributed by atoms with Gasteiger partial charge in [0.1, 0.15) is 0 Å². The van der Waals surface area contributed by atoms with Crippen LogP contribution in [0, 0.1) is 0 Å². The predicted octanol–water partition coefficient (Wildman–Crippen LogP) is 3.59. The van der Waals surface area contributed by atoms with Crippen LogP contribution in [0.3, 0.4) is 0 Å². The first-order valence-electron chi connectivity index (χ1n) is 4.73. The van der Waals surface area contributed by atoms with Crippen LogP contribution in [0.4, 0.5) is 0 Å². The van der Waals surface area contributed by atoms with Crippen molar-refractivity contribution in [3.05, 3.63) is 60.9 Å². The molecule has 0 amide bonds. The quantitative estimate of drug-likeness (QED) is 0.469. The molecule has 0 unspecified atom stereocenters. The van der Waals surface area contributed by atoms with Crippen LogP contribution in [0.25, 0.3) is 0 Å². The molecule has 0 saturated heterocycles. The molecule has 0 spiro atoms. The van der Waals surface area contributed by atoms with E-state index in [9.17, 15) is 0 Å². The molecule has 14 heavy (non-hydrogen) atoms. The minimum atomic E-state index is 0.941. The Balaban J connectivity index is 2.87. The third kappa shape index (κ3) is 3.02. The summed E-state index contributed by atoms with van der Waals surface area (Å²) in [5, 5.41) is 0. The maximum absolute atomic E-state index is 4.28. The van der Waals surface area contributed by atoms with Gasteiger partial charge >= 0.3 is 0 Å². The molecule has 0 aromatic carbocycles. The Kier molecular flexibility index (Phi) is 4.42. The van der Waals surface area contributed by atoms with Crippen LogP contribution < -0.4 is 0 Å². The molecule has 0 heterocycles. The third-order valence-electron chi connectivity index (χ3n) is 1.89. The highest BCUT2D eigenvalue weighted by Crippen LogP contribution is 2.18. The number of allylic oxidation sites excluding steroid dienone is 6. The fourth-order valence-corrected chi connectivity index (χ4v) is 1.26. The zero-order valence-corrected chi connectivity index (χ0v) is 8.32. The van der Waals surface area contributed by atoms with E-state index in [0.29, 0.717) is 0 Å². The second-order valence-electron chi connectivity index (χ2n) is 2.94. The van der Waals surface area contributed by atoms with E-state index in [1.807, 2.05) is 6.08 Å². The summed E-state index contributed by atoms with van der Waals surface area (Å²) in [4.78, 5) is 4.28. The predicted molar refractivity (Wildman–Crippen MR) is 63.4 cm³/mol. The zero-order valence-electron chi connectivity index (χ0n) is 8.32. The molecule has 0 aromatic rings. The van der Waals surface area contributed by atoms with Gasteiger partial charge in [0.2, 0.25) is 0 Å². The lowest BCUT2D eigenvalue weighted by Crippen LogP contribution is -1.88. The molecule has 1 rings (SSSR count). The van der Waals surface area contributed by atoms with Crippen LogP contribution in [-0.4, -0.2) is 6.21 Å². The Morgan fingerprint density at radius 3 is 2.71 bits per heavy atom. The molecule has 1 aliphatic rings. The molecular formula is C13H15N. The van der Waals surface area contributed by atoms with Crippen molar-refractivity contribution >= 4 is 6.21 Å². The molecule has 0 bridgehead atoms. The Bertz CT molecular complexity index is 327. The standard InChI is InChI=1S/C13H15N/c1-3-8-13(14-11-4-2)12-9-6-5-7-10-12/h3-4,6,8-11H,1-2,5,7H2/b13-8-,14-11?. The van der Waals surface area contributed by atoms with E-state index in [1.165, 1.54) is 0 Å².